The lowest BCUT2D eigenvalue weighted by Crippen LogP contribution is -2.38. The number of aryl methyl sites for hydroxylation is 1. The lowest BCUT2D eigenvalue weighted by molar-refractivity contribution is 0.315. The molecule has 1 rings (SSSR count). The molecule has 1 atom stereocenters. The third kappa shape index (κ3) is 3.56. The molecule has 1 unspecified atom stereocenters. The zero-order valence-corrected chi connectivity index (χ0v) is 14.2. The van der Waals surface area contributed by atoms with E-state index in [2.05, 4.69) is 5.32 Å². The van der Waals surface area contributed by atoms with E-state index >= 15 is 0 Å². The van der Waals surface area contributed by atoms with Gasteiger partial charge in [0.2, 0.25) is 10.0 Å². The van der Waals surface area contributed by atoms with Crippen LogP contribution in [0.4, 0.5) is 0 Å². The molecule has 1 heterocycles. The van der Waals surface area contributed by atoms with Gasteiger partial charge in [0.05, 0.1) is 4.90 Å². The number of hydrogen-bond donors (Lipinski definition) is 1. The smallest absolute Gasteiger partial charge is 0.244 e. The third-order valence-electron chi connectivity index (χ3n) is 3.47. The summed E-state index contributed by atoms with van der Waals surface area (Å²) < 4.78 is 26.7. The summed E-state index contributed by atoms with van der Waals surface area (Å²) in [5, 5.41) is 3.05. The number of thiophene rings is 1. The molecule has 0 bridgehead atoms. The molecule has 1 aromatic heterocycles. The van der Waals surface area contributed by atoms with E-state index in [9.17, 15) is 8.42 Å². The van der Waals surface area contributed by atoms with Gasteiger partial charge in [0, 0.05) is 29.4 Å². The first-order valence-corrected chi connectivity index (χ1v) is 8.69. The highest BCUT2D eigenvalue weighted by Gasteiger charge is 2.29. The summed E-state index contributed by atoms with van der Waals surface area (Å²) in [5.41, 5.74) is 0. The molecule has 0 radical (unpaired) electrons. The average molecular weight is 304 g/mol. The van der Waals surface area contributed by atoms with E-state index in [-0.39, 0.29) is 12.0 Å². The highest BCUT2D eigenvalue weighted by atomic mass is 32.2. The first-order valence-electron chi connectivity index (χ1n) is 6.43. The summed E-state index contributed by atoms with van der Waals surface area (Å²) in [7, 11) is 0.123. The molecule has 0 saturated heterocycles. The standard InChI is InChI=1S/C13H24N2O2S2/c1-9(2)10(3)15(6)19(16,17)13-7-12(8-14-5)18-11(13)4/h7,9-10,14H,8H2,1-6H3. The lowest BCUT2D eigenvalue weighted by atomic mass is 10.1. The molecule has 0 aliphatic heterocycles. The van der Waals surface area contributed by atoms with Crippen molar-refractivity contribution < 1.29 is 8.42 Å². The zero-order valence-electron chi connectivity index (χ0n) is 12.5. The third-order valence-corrected chi connectivity index (χ3v) is 6.72. The molecule has 6 heteroatoms. The van der Waals surface area contributed by atoms with Gasteiger partial charge in [-0.15, -0.1) is 11.3 Å². The summed E-state index contributed by atoms with van der Waals surface area (Å²) in [6, 6.07) is 1.77. The summed E-state index contributed by atoms with van der Waals surface area (Å²) in [6.45, 7) is 8.57. The van der Waals surface area contributed by atoms with Gasteiger partial charge in [-0.05, 0) is 32.9 Å². The van der Waals surface area contributed by atoms with Crippen LogP contribution in [-0.4, -0.2) is 32.9 Å². The van der Waals surface area contributed by atoms with Crippen molar-refractivity contribution >= 4 is 21.4 Å². The molecule has 0 fully saturated rings. The Bertz CT molecular complexity index is 521. The normalized spacial score (nSPS) is 14.3. The van der Waals surface area contributed by atoms with Gasteiger partial charge in [-0.1, -0.05) is 13.8 Å². The van der Waals surface area contributed by atoms with Crippen LogP contribution in [-0.2, 0) is 16.6 Å². The predicted octanol–water partition coefficient (Wildman–Crippen LogP) is 2.44. The number of hydrogen-bond acceptors (Lipinski definition) is 4. The molecule has 19 heavy (non-hydrogen) atoms. The predicted molar refractivity (Wildman–Crippen MR) is 81.1 cm³/mol. The van der Waals surface area contributed by atoms with Crippen LogP contribution >= 0.6 is 11.3 Å². The second kappa shape index (κ2) is 6.35. The highest BCUT2D eigenvalue weighted by molar-refractivity contribution is 7.89. The Balaban J connectivity index is 3.13. The van der Waals surface area contributed by atoms with E-state index < -0.39 is 10.0 Å². The summed E-state index contributed by atoms with van der Waals surface area (Å²) >= 11 is 1.53. The average Bonchev–Trinajstić information content (AvgIpc) is 2.69. The molecular weight excluding hydrogens is 280 g/mol. The second-order valence-electron chi connectivity index (χ2n) is 5.17. The van der Waals surface area contributed by atoms with Gasteiger partial charge >= 0.3 is 0 Å². The number of nitrogens with zero attached hydrogens (tertiary/aromatic N) is 1. The molecule has 0 aromatic carbocycles. The lowest BCUT2D eigenvalue weighted by Gasteiger charge is -2.27. The van der Waals surface area contributed by atoms with Crippen LogP contribution < -0.4 is 5.32 Å². The molecular formula is C13H24N2O2S2. The Hall–Kier alpha value is -0.430. The van der Waals surface area contributed by atoms with Crippen LogP contribution in [0.25, 0.3) is 0 Å². The maximum absolute atomic E-state index is 12.6. The monoisotopic (exact) mass is 304 g/mol. The SMILES string of the molecule is CNCc1cc(S(=O)(=O)N(C)C(C)C(C)C)c(C)s1. The van der Waals surface area contributed by atoms with Crippen LogP contribution in [0.3, 0.4) is 0 Å². The van der Waals surface area contributed by atoms with E-state index in [0.29, 0.717) is 11.4 Å². The first kappa shape index (κ1) is 16.6. The number of rotatable bonds is 6. The Kier molecular flexibility index (Phi) is 5.55. The molecule has 110 valence electrons. The van der Waals surface area contributed by atoms with Crippen molar-refractivity contribution in [2.45, 2.75) is 45.2 Å². The summed E-state index contributed by atoms with van der Waals surface area (Å²) in [4.78, 5) is 2.34. The van der Waals surface area contributed by atoms with Crippen LogP contribution in [0, 0.1) is 12.8 Å². The minimum atomic E-state index is -3.40. The van der Waals surface area contributed by atoms with Gasteiger partial charge in [-0.25, -0.2) is 8.42 Å². The van der Waals surface area contributed by atoms with Gasteiger partial charge in [-0.3, -0.25) is 0 Å². The fourth-order valence-corrected chi connectivity index (χ4v) is 4.94. The molecule has 0 aliphatic rings. The van der Waals surface area contributed by atoms with Crippen LogP contribution in [0.1, 0.15) is 30.5 Å². The van der Waals surface area contributed by atoms with E-state index in [1.54, 1.807) is 13.1 Å². The maximum Gasteiger partial charge on any atom is 0.244 e. The Morgan fingerprint density at radius 3 is 2.42 bits per heavy atom. The molecule has 4 nitrogen and oxygen atoms in total. The van der Waals surface area contributed by atoms with Crippen molar-refractivity contribution in [3.63, 3.8) is 0 Å². The molecule has 0 saturated carbocycles. The maximum atomic E-state index is 12.6. The molecule has 0 spiro atoms. The number of sulfonamides is 1. The van der Waals surface area contributed by atoms with Crippen molar-refractivity contribution in [3.05, 3.63) is 15.8 Å². The quantitative estimate of drug-likeness (QED) is 0.878. The van der Waals surface area contributed by atoms with Crippen molar-refractivity contribution in [3.8, 4) is 0 Å². The van der Waals surface area contributed by atoms with Gasteiger partial charge in [0.15, 0.2) is 0 Å². The summed E-state index contributed by atoms with van der Waals surface area (Å²) in [6.07, 6.45) is 0. The minimum Gasteiger partial charge on any atom is -0.315 e. The molecule has 0 aliphatic carbocycles. The van der Waals surface area contributed by atoms with Crippen molar-refractivity contribution in [1.82, 2.24) is 9.62 Å². The van der Waals surface area contributed by atoms with E-state index in [1.165, 1.54) is 15.6 Å². The second-order valence-corrected chi connectivity index (χ2v) is 8.48. The Morgan fingerprint density at radius 2 is 1.95 bits per heavy atom. The van der Waals surface area contributed by atoms with E-state index in [0.717, 1.165) is 9.75 Å². The van der Waals surface area contributed by atoms with E-state index in [4.69, 9.17) is 0 Å². The van der Waals surface area contributed by atoms with Crippen molar-refractivity contribution in [2.75, 3.05) is 14.1 Å². The van der Waals surface area contributed by atoms with Crippen LogP contribution in [0.15, 0.2) is 11.0 Å². The first-order chi connectivity index (χ1) is 8.71. The zero-order chi connectivity index (χ0) is 14.8. The van der Waals surface area contributed by atoms with Crippen LogP contribution in [0.5, 0.6) is 0 Å². The summed E-state index contributed by atoms with van der Waals surface area (Å²) in [5.74, 6) is 0.287. The molecule has 1 aromatic rings. The van der Waals surface area contributed by atoms with E-state index in [1.807, 2.05) is 34.7 Å². The van der Waals surface area contributed by atoms with Gasteiger partial charge in [0.25, 0.3) is 0 Å². The van der Waals surface area contributed by atoms with Gasteiger partial charge < -0.3 is 5.32 Å². The highest BCUT2D eigenvalue weighted by Crippen LogP contribution is 2.29. The fourth-order valence-electron chi connectivity index (χ4n) is 1.84. The molecule has 1 N–H and O–H groups in total. The largest absolute Gasteiger partial charge is 0.315 e. The Labute approximate surface area is 120 Å². The molecule has 0 amide bonds. The fraction of sp³-hybridized carbons (Fsp3) is 0.692. The number of nitrogens with one attached hydrogen (secondary N) is 1. The minimum absolute atomic E-state index is 0.0166. The van der Waals surface area contributed by atoms with Gasteiger partial charge in [-0.2, -0.15) is 4.31 Å². The topological polar surface area (TPSA) is 49.4 Å². The Morgan fingerprint density at radius 1 is 1.37 bits per heavy atom. The van der Waals surface area contributed by atoms with Crippen LogP contribution in [0.2, 0.25) is 0 Å². The van der Waals surface area contributed by atoms with Gasteiger partial charge in [0.1, 0.15) is 0 Å². The van der Waals surface area contributed by atoms with Crippen molar-refractivity contribution in [2.24, 2.45) is 5.92 Å². The van der Waals surface area contributed by atoms with Crippen molar-refractivity contribution in [1.29, 1.82) is 0 Å².